The summed E-state index contributed by atoms with van der Waals surface area (Å²) in [6.07, 6.45) is 6.33. The number of fused-ring (bicyclic) bond motifs is 4. The summed E-state index contributed by atoms with van der Waals surface area (Å²) < 4.78 is 11.6. The van der Waals surface area contributed by atoms with Crippen molar-refractivity contribution in [2.75, 3.05) is 13.7 Å². The number of hydrazine groups is 1. The Hall–Kier alpha value is -3.83. The van der Waals surface area contributed by atoms with Gasteiger partial charge in [0, 0.05) is 19.0 Å². The molecule has 11 heteroatoms. The van der Waals surface area contributed by atoms with Crippen LogP contribution < -0.4 is 16.1 Å². The molecule has 3 heterocycles. The Kier molecular flexibility index (Phi) is 9.88. The van der Waals surface area contributed by atoms with Crippen LogP contribution in [0.2, 0.25) is 0 Å². The molecule has 1 saturated carbocycles. The van der Waals surface area contributed by atoms with E-state index in [0.29, 0.717) is 50.8 Å². The molecule has 5 bridgehead atoms. The molecule has 1 aliphatic carbocycles. The molecule has 0 unspecified atom stereocenters. The standard InChI is InChI=1S/C34H45N5O6/c1-20(2)29-31(41)36-22(4)32(42)39-18-6-7-27(38-39)30(40)35-21(3)26-11-10-24-9-8-23(19-28(24)37-26)12-15-34(33(43)45-29)16-13-25(44-5)14-17-34/h8-12,15,19-22,25,27,29,38H,6-7,13-14,16-18H2,1-5H3,(H,35,40)(H,36,41)/b15-12+/t21-,22+,25-,27+,29+,34-/m1/s1. The highest BCUT2D eigenvalue weighted by Crippen LogP contribution is 2.41. The molecular formula is C34H45N5O6. The van der Waals surface area contributed by atoms with Crippen molar-refractivity contribution in [1.29, 1.82) is 0 Å². The van der Waals surface area contributed by atoms with Crippen molar-refractivity contribution in [3.63, 3.8) is 0 Å². The average molecular weight is 620 g/mol. The number of benzene rings is 1. The number of cyclic esters (lactones) is 1. The molecular weight excluding hydrogens is 574 g/mol. The molecule has 4 atom stereocenters. The van der Waals surface area contributed by atoms with Gasteiger partial charge in [0.15, 0.2) is 6.10 Å². The number of hydrogen-bond acceptors (Lipinski definition) is 8. The molecule has 1 saturated heterocycles. The summed E-state index contributed by atoms with van der Waals surface area (Å²) in [6, 6.07) is 7.90. The number of nitrogens with zero attached hydrogens (tertiary/aromatic N) is 2. The summed E-state index contributed by atoms with van der Waals surface area (Å²) in [6.45, 7) is 7.48. The van der Waals surface area contributed by atoms with Crippen LogP contribution in [0, 0.1) is 11.3 Å². The van der Waals surface area contributed by atoms with Gasteiger partial charge in [-0.1, -0.05) is 44.2 Å². The lowest BCUT2D eigenvalue weighted by atomic mass is 9.72. The molecule has 3 N–H and O–H groups in total. The van der Waals surface area contributed by atoms with Crippen LogP contribution in [0.4, 0.5) is 0 Å². The second-order valence-electron chi connectivity index (χ2n) is 13.0. The number of rotatable bonds is 2. The van der Waals surface area contributed by atoms with Gasteiger partial charge in [-0.05, 0) is 76.0 Å². The van der Waals surface area contributed by atoms with E-state index in [4.69, 9.17) is 14.5 Å². The molecule has 2 aromatic rings. The Balaban J connectivity index is 1.53. The van der Waals surface area contributed by atoms with Crippen LogP contribution >= 0.6 is 0 Å². The summed E-state index contributed by atoms with van der Waals surface area (Å²) in [4.78, 5) is 59.0. The van der Waals surface area contributed by atoms with Crippen LogP contribution in [0.5, 0.6) is 0 Å². The van der Waals surface area contributed by atoms with E-state index in [-0.39, 0.29) is 29.9 Å². The Morgan fingerprint density at radius 2 is 1.69 bits per heavy atom. The molecule has 1 aromatic carbocycles. The van der Waals surface area contributed by atoms with E-state index < -0.39 is 35.5 Å². The third-order valence-corrected chi connectivity index (χ3v) is 9.30. The largest absolute Gasteiger partial charge is 0.451 e. The fraction of sp³-hybridized carbons (Fsp3) is 0.559. The van der Waals surface area contributed by atoms with E-state index in [1.807, 2.05) is 63.3 Å². The number of pyridine rings is 1. The summed E-state index contributed by atoms with van der Waals surface area (Å²) in [5.74, 6) is -1.95. The van der Waals surface area contributed by atoms with Crippen molar-refractivity contribution in [1.82, 2.24) is 26.1 Å². The molecule has 0 radical (unpaired) electrons. The zero-order valence-corrected chi connectivity index (χ0v) is 26.8. The van der Waals surface area contributed by atoms with Crippen molar-refractivity contribution < 1.29 is 28.7 Å². The number of hydrogen-bond donors (Lipinski definition) is 3. The number of ether oxygens (including phenoxy) is 2. The number of carbonyl (C=O) groups is 4. The topological polar surface area (TPSA) is 139 Å². The molecule has 242 valence electrons. The number of amides is 3. The lowest BCUT2D eigenvalue weighted by Gasteiger charge is -2.37. The highest BCUT2D eigenvalue weighted by atomic mass is 16.6. The van der Waals surface area contributed by atoms with Gasteiger partial charge in [-0.25, -0.2) is 5.43 Å². The van der Waals surface area contributed by atoms with E-state index in [9.17, 15) is 19.2 Å². The van der Waals surface area contributed by atoms with Crippen molar-refractivity contribution in [2.45, 2.75) is 96.6 Å². The molecule has 11 nitrogen and oxygen atoms in total. The number of aromatic nitrogens is 1. The quantitative estimate of drug-likeness (QED) is 0.434. The molecule has 2 fully saturated rings. The van der Waals surface area contributed by atoms with Gasteiger partial charge in [-0.2, -0.15) is 0 Å². The van der Waals surface area contributed by atoms with Crippen LogP contribution in [0.3, 0.4) is 0 Å². The fourth-order valence-corrected chi connectivity index (χ4v) is 6.37. The molecule has 5 rings (SSSR count). The van der Waals surface area contributed by atoms with Crippen molar-refractivity contribution in [3.8, 4) is 0 Å². The SMILES string of the molecule is CO[C@H]1CC[C@@]2(/C=C/c3ccc4ccc(nc4c3)[C@@H](C)NC(=O)[C@@H]3CCCN(N3)C(=O)[C@H](C)NC(=O)[C@H](C(C)C)OC2=O)CC1. The maximum absolute atomic E-state index is 14.0. The first kappa shape index (κ1) is 32.6. The third-order valence-electron chi connectivity index (χ3n) is 9.30. The van der Waals surface area contributed by atoms with Crippen LogP contribution in [0.15, 0.2) is 36.4 Å². The van der Waals surface area contributed by atoms with Gasteiger partial charge in [0.1, 0.15) is 12.1 Å². The minimum atomic E-state index is -1.09. The predicted molar refractivity (Wildman–Crippen MR) is 169 cm³/mol. The summed E-state index contributed by atoms with van der Waals surface area (Å²) in [7, 11) is 1.68. The first-order valence-corrected chi connectivity index (χ1v) is 16.0. The van der Waals surface area contributed by atoms with E-state index in [2.05, 4.69) is 16.1 Å². The lowest BCUT2D eigenvalue weighted by molar-refractivity contribution is -0.169. The Morgan fingerprint density at radius 3 is 2.40 bits per heavy atom. The second kappa shape index (κ2) is 13.7. The zero-order valence-electron chi connectivity index (χ0n) is 26.8. The first-order chi connectivity index (χ1) is 21.5. The van der Waals surface area contributed by atoms with Gasteiger partial charge < -0.3 is 20.1 Å². The van der Waals surface area contributed by atoms with E-state index in [1.165, 1.54) is 5.01 Å². The molecule has 1 aromatic heterocycles. The first-order valence-electron chi connectivity index (χ1n) is 16.0. The number of carbonyl (C=O) groups excluding carboxylic acids is 4. The summed E-state index contributed by atoms with van der Waals surface area (Å²) in [5, 5.41) is 8.14. The summed E-state index contributed by atoms with van der Waals surface area (Å²) in [5.41, 5.74) is 4.44. The molecule has 3 amide bonds. The third kappa shape index (κ3) is 7.20. The maximum Gasteiger partial charge on any atom is 0.316 e. The van der Waals surface area contributed by atoms with Crippen LogP contribution in [-0.4, -0.2) is 71.6 Å². The Labute approximate surface area is 264 Å². The van der Waals surface area contributed by atoms with Crippen LogP contribution in [-0.2, 0) is 28.7 Å². The second-order valence-corrected chi connectivity index (χ2v) is 13.0. The van der Waals surface area contributed by atoms with Gasteiger partial charge in [-0.15, -0.1) is 0 Å². The van der Waals surface area contributed by atoms with E-state index in [0.717, 1.165) is 16.5 Å². The highest BCUT2D eigenvalue weighted by Gasteiger charge is 2.44. The van der Waals surface area contributed by atoms with Crippen molar-refractivity contribution in [3.05, 3.63) is 47.7 Å². The molecule has 2 aliphatic heterocycles. The van der Waals surface area contributed by atoms with Gasteiger partial charge in [0.2, 0.25) is 5.91 Å². The average Bonchev–Trinajstić information content (AvgIpc) is 3.04. The van der Waals surface area contributed by atoms with Crippen molar-refractivity contribution >= 4 is 40.7 Å². The predicted octanol–water partition coefficient (Wildman–Crippen LogP) is 3.58. The van der Waals surface area contributed by atoms with Gasteiger partial charge in [-0.3, -0.25) is 29.2 Å². The van der Waals surface area contributed by atoms with Crippen molar-refractivity contribution in [2.24, 2.45) is 11.3 Å². The normalized spacial score (nSPS) is 31.1. The van der Waals surface area contributed by atoms with E-state index in [1.54, 1.807) is 14.0 Å². The fourth-order valence-electron chi connectivity index (χ4n) is 6.37. The molecule has 1 spiro atoms. The highest BCUT2D eigenvalue weighted by molar-refractivity contribution is 5.92. The van der Waals surface area contributed by atoms with Crippen LogP contribution in [0.1, 0.15) is 83.5 Å². The Bertz CT molecular complexity index is 1470. The smallest absolute Gasteiger partial charge is 0.316 e. The van der Waals surface area contributed by atoms with Gasteiger partial charge >= 0.3 is 5.97 Å². The maximum atomic E-state index is 14.0. The van der Waals surface area contributed by atoms with Gasteiger partial charge in [0.05, 0.1) is 28.8 Å². The van der Waals surface area contributed by atoms with Crippen LogP contribution in [0.25, 0.3) is 17.0 Å². The Morgan fingerprint density at radius 1 is 0.978 bits per heavy atom. The minimum Gasteiger partial charge on any atom is -0.451 e. The minimum absolute atomic E-state index is 0.0480. The van der Waals surface area contributed by atoms with E-state index >= 15 is 0 Å². The number of esters is 1. The summed E-state index contributed by atoms with van der Waals surface area (Å²) >= 11 is 0. The zero-order chi connectivity index (χ0) is 32.3. The number of nitrogens with one attached hydrogen (secondary N) is 3. The monoisotopic (exact) mass is 619 g/mol. The number of methoxy groups -OCH3 is 1. The molecule has 3 aliphatic rings. The lowest BCUT2D eigenvalue weighted by Crippen LogP contribution is -2.61. The molecule has 45 heavy (non-hydrogen) atoms. The van der Waals surface area contributed by atoms with Gasteiger partial charge in [0.25, 0.3) is 11.8 Å².